The second kappa shape index (κ2) is 7.76. The molecule has 1 aromatic carbocycles. The lowest BCUT2D eigenvalue weighted by Crippen LogP contribution is -2.15. The zero-order valence-electron chi connectivity index (χ0n) is 9.91. The maximum Gasteiger partial charge on any atom is 0.313 e. The summed E-state index contributed by atoms with van der Waals surface area (Å²) in [6.45, 7) is 0. The summed E-state index contributed by atoms with van der Waals surface area (Å²) in [5.41, 5.74) is 0.570. The number of amides is 1. The van der Waals surface area contributed by atoms with Crippen LogP contribution in [0.5, 0.6) is 5.75 Å². The van der Waals surface area contributed by atoms with Crippen LogP contribution in [0, 0.1) is 0 Å². The average Bonchev–Trinajstić information content (AvgIpc) is 2.32. The van der Waals surface area contributed by atoms with Gasteiger partial charge in [-0.1, -0.05) is 0 Å². The molecule has 0 spiro atoms. The quantitative estimate of drug-likeness (QED) is 0.751. The maximum atomic E-state index is 11.6. The number of hydrogen-bond donors (Lipinski definition) is 2. The van der Waals surface area contributed by atoms with Crippen molar-refractivity contribution in [2.45, 2.75) is 0 Å². The van der Waals surface area contributed by atoms with Crippen LogP contribution in [0.15, 0.2) is 21.1 Å². The highest BCUT2D eigenvalue weighted by molar-refractivity contribution is 9.11. The number of thioether (sulfide) groups is 1. The standard InChI is InChI=1S/C11H11Br2NO4S/c1-18-9-3-8(6(12)2-7(9)13)14-10(15)4-19-5-11(16)17/h2-3H,4-5H2,1H3,(H,14,15)(H,16,17). The minimum absolute atomic E-state index is 0.0805. The third kappa shape index (κ3) is 5.42. The van der Waals surface area contributed by atoms with Gasteiger partial charge in [0.1, 0.15) is 5.75 Å². The highest BCUT2D eigenvalue weighted by Gasteiger charge is 2.10. The van der Waals surface area contributed by atoms with E-state index >= 15 is 0 Å². The van der Waals surface area contributed by atoms with Gasteiger partial charge in [0.05, 0.1) is 28.8 Å². The molecule has 0 heterocycles. The van der Waals surface area contributed by atoms with Crippen LogP contribution in [0.25, 0.3) is 0 Å². The summed E-state index contributed by atoms with van der Waals surface area (Å²) >= 11 is 7.70. The Balaban J connectivity index is 2.66. The van der Waals surface area contributed by atoms with Crippen molar-refractivity contribution in [1.29, 1.82) is 0 Å². The second-order valence-corrected chi connectivity index (χ2v) is 6.10. The average molecular weight is 413 g/mol. The molecular weight excluding hydrogens is 402 g/mol. The number of anilines is 1. The monoisotopic (exact) mass is 411 g/mol. The number of carboxylic acids is 1. The Morgan fingerprint density at radius 1 is 1.32 bits per heavy atom. The number of methoxy groups -OCH3 is 1. The van der Waals surface area contributed by atoms with Gasteiger partial charge in [-0.05, 0) is 37.9 Å². The van der Waals surface area contributed by atoms with E-state index in [1.165, 1.54) is 7.11 Å². The zero-order valence-corrected chi connectivity index (χ0v) is 13.9. The Kier molecular flexibility index (Phi) is 6.67. The maximum absolute atomic E-state index is 11.6. The minimum atomic E-state index is -0.940. The van der Waals surface area contributed by atoms with Crippen molar-refractivity contribution >= 4 is 61.2 Å². The van der Waals surface area contributed by atoms with Crippen LogP contribution in [0.3, 0.4) is 0 Å². The molecule has 2 N–H and O–H groups in total. The fraction of sp³-hybridized carbons (Fsp3) is 0.273. The molecular formula is C11H11Br2NO4S. The van der Waals surface area contributed by atoms with Gasteiger partial charge >= 0.3 is 5.97 Å². The summed E-state index contributed by atoms with van der Waals surface area (Å²) in [6.07, 6.45) is 0. The minimum Gasteiger partial charge on any atom is -0.495 e. The Morgan fingerprint density at radius 2 is 2.00 bits per heavy atom. The molecule has 0 aromatic heterocycles. The van der Waals surface area contributed by atoms with Gasteiger partial charge in [0, 0.05) is 10.5 Å². The highest BCUT2D eigenvalue weighted by atomic mass is 79.9. The summed E-state index contributed by atoms with van der Waals surface area (Å²) in [5, 5.41) is 11.2. The summed E-state index contributed by atoms with van der Waals surface area (Å²) in [4.78, 5) is 22.0. The molecule has 8 heteroatoms. The van der Waals surface area contributed by atoms with Gasteiger partial charge in [0.15, 0.2) is 0 Å². The van der Waals surface area contributed by atoms with Crippen LogP contribution in [0.4, 0.5) is 5.69 Å². The molecule has 0 bridgehead atoms. The number of carboxylic acid groups (broad SMARTS) is 1. The van der Waals surface area contributed by atoms with E-state index in [1.54, 1.807) is 12.1 Å². The largest absolute Gasteiger partial charge is 0.495 e. The van der Waals surface area contributed by atoms with E-state index in [4.69, 9.17) is 9.84 Å². The molecule has 0 fully saturated rings. The van der Waals surface area contributed by atoms with Crippen LogP contribution in [0.1, 0.15) is 0 Å². The van der Waals surface area contributed by atoms with Crippen molar-refractivity contribution in [1.82, 2.24) is 0 Å². The normalized spacial score (nSPS) is 10.1. The molecule has 0 aliphatic carbocycles. The van der Waals surface area contributed by atoms with Crippen molar-refractivity contribution in [3.63, 3.8) is 0 Å². The SMILES string of the molecule is COc1cc(NC(=O)CSCC(=O)O)c(Br)cc1Br. The van der Waals surface area contributed by atoms with Crippen LogP contribution in [-0.2, 0) is 9.59 Å². The molecule has 5 nitrogen and oxygen atoms in total. The fourth-order valence-corrected chi connectivity index (χ4v) is 2.99. The van der Waals surface area contributed by atoms with Gasteiger partial charge < -0.3 is 15.2 Å². The molecule has 0 unspecified atom stereocenters. The second-order valence-electron chi connectivity index (χ2n) is 3.40. The predicted molar refractivity (Wildman–Crippen MR) is 82.0 cm³/mol. The highest BCUT2D eigenvalue weighted by Crippen LogP contribution is 2.34. The molecule has 0 saturated carbocycles. The van der Waals surface area contributed by atoms with Gasteiger partial charge in [-0.25, -0.2) is 0 Å². The third-order valence-corrected chi connectivity index (χ3v) is 4.17. The summed E-state index contributed by atoms with van der Waals surface area (Å²) in [7, 11) is 1.53. The van der Waals surface area contributed by atoms with Crippen LogP contribution in [0.2, 0.25) is 0 Å². The van der Waals surface area contributed by atoms with Crippen molar-refractivity contribution in [2.24, 2.45) is 0 Å². The first-order valence-electron chi connectivity index (χ1n) is 5.06. The van der Waals surface area contributed by atoms with E-state index in [-0.39, 0.29) is 17.4 Å². The number of halogens is 2. The number of carbonyl (C=O) groups excluding carboxylic acids is 1. The number of nitrogens with one attached hydrogen (secondary N) is 1. The van der Waals surface area contributed by atoms with Crippen molar-refractivity contribution < 1.29 is 19.4 Å². The van der Waals surface area contributed by atoms with Gasteiger partial charge in [-0.15, -0.1) is 11.8 Å². The molecule has 1 amide bonds. The van der Waals surface area contributed by atoms with E-state index in [0.29, 0.717) is 15.9 Å². The third-order valence-electron chi connectivity index (χ3n) is 1.97. The Labute approximate surface area is 131 Å². The first kappa shape index (κ1) is 16.3. The Hall–Kier alpha value is -0.730. The van der Waals surface area contributed by atoms with E-state index in [2.05, 4.69) is 37.2 Å². The lowest BCUT2D eigenvalue weighted by Gasteiger charge is -2.10. The summed E-state index contributed by atoms with van der Waals surface area (Å²) in [6, 6.07) is 3.44. The summed E-state index contributed by atoms with van der Waals surface area (Å²) in [5.74, 6) is -0.632. The zero-order chi connectivity index (χ0) is 14.4. The molecule has 1 aromatic rings. The van der Waals surface area contributed by atoms with Gasteiger partial charge in [-0.2, -0.15) is 0 Å². The van der Waals surface area contributed by atoms with E-state index in [0.717, 1.165) is 16.2 Å². The predicted octanol–water partition coefficient (Wildman–Crippen LogP) is 2.98. The number of rotatable bonds is 6. The Bertz CT molecular complexity index is 496. The molecule has 0 radical (unpaired) electrons. The van der Waals surface area contributed by atoms with Gasteiger partial charge in [0.2, 0.25) is 5.91 Å². The Morgan fingerprint density at radius 3 is 2.58 bits per heavy atom. The smallest absolute Gasteiger partial charge is 0.313 e. The molecule has 0 aliphatic rings. The number of aliphatic carboxylic acids is 1. The van der Waals surface area contributed by atoms with Crippen molar-refractivity contribution in [3.05, 3.63) is 21.1 Å². The van der Waals surface area contributed by atoms with Crippen LogP contribution in [-0.4, -0.2) is 35.6 Å². The number of benzene rings is 1. The first-order valence-corrected chi connectivity index (χ1v) is 7.80. The lowest BCUT2D eigenvalue weighted by atomic mass is 10.3. The van der Waals surface area contributed by atoms with Crippen LogP contribution < -0.4 is 10.1 Å². The number of carbonyl (C=O) groups is 2. The number of ether oxygens (including phenoxy) is 1. The molecule has 0 aliphatic heterocycles. The molecule has 1 rings (SSSR count). The first-order chi connectivity index (χ1) is 8.93. The van der Waals surface area contributed by atoms with Crippen molar-refractivity contribution in [2.75, 3.05) is 23.9 Å². The lowest BCUT2D eigenvalue weighted by molar-refractivity contribution is -0.133. The van der Waals surface area contributed by atoms with E-state index in [1.807, 2.05) is 0 Å². The van der Waals surface area contributed by atoms with Crippen molar-refractivity contribution in [3.8, 4) is 5.75 Å². The fourth-order valence-electron chi connectivity index (χ4n) is 1.20. The topological polar surface area (TPSA) is 75.6 Å². The molecule has 104 valence electrons. The molecule has 19 heavy (non-hydrogen) atoms. The van der Waals surface area contributed by atoms with Gasteiger partial charge in [0.25, 0.3) is 0 Å². The summed E-state index contributed by atoms with van der Waals surface area (Å²) < 4.78 is 6.60. The van der Waals surface area contributed by atoms with Crippen LogP contribution >= 0.6 is 43.6 Å². The number of hydrogen-bond acceptors (Lipinski definition) is 4. The van der Waals surface area contributed by atoms with E-state index < -0.39 is 5.97 Å². The molecule has 0 saturated heterocycles. The molecule has 0 atom stereocenters. The van der Waals surface area contributed by atoms with Gasteiger partial charge in [-0.3, -0.25) is 9.59 Å². The van der Waals surface area contributed by atoms with E-state index in [9.17, 15) is 9.59 Å².